The number of rotatable bonds is 9. The van der Waals surface area contributed by atoms with Gasteiger partial charge in [0.05, 0.1) is 34.0 Å². The van der Waals surface area contributed by atoms with E-state index in [1.54, 1.807) is 0 Å². The molecule has 3 rings (SSSR count). The number of hydrogen-bond donors (Lipinski definition) is 2. The van der Waals surface area contributed by atoms with Crippen LogP contribution in [0.25, 0.3) is 16.1 Å². The summed E-state index contributed by atoms with van der Waals surface area (Å²) in [6.07, 6.45) is -0.726. The van der Waals surface area contributed by atoms with Crippen molar-refractivity contribution in [3.63, 3.8) is 0 Å². The minimum atomic E-state index is -4.60. The fourth-order valence-electron chi connectivity index (χ4n) is 3.14. The SMILES string of the molecule is C=C1C(Cl)=CC(C(F)(F)F)=CN1C=C(c1nnc(-c2cc(F)c(OCC(N)CO)cc2Cl)s1)C(C)CC. The number of halogens is 6. The third kappa shape index (κ3) is 6.91. The predicted octanol–water partition coefficient (Wildman–Crippen LogP) is 6.48. The van der Waals surface area contributed by atoms with Crippen molar-refractivity contribution in [2.24, 2.45) is 11.7 Å². The Morgan fingerprint density at radius 3 is 2.65 bits per heavy atom. The summed E-state index contributed by atoms with van der Waals surface area (Å²) in [5, 5.41) is 18.0. The second-order valence-electron chi connectivity index (χ2n) is 8.25. The van der Waals surface area contributed by atoms with Crippen LogP contribution in [-0.2, 0) is 0 Å². The van der Waals surface area contributed by atoms with E-state index >= 15 is 0 Å². The molecule has 0 saturated heterocycles. The maximum Gasteiger partial charge on any atom is 0.417 e. The number of alkyl halides is 3. The fraction of sp³-hybridized carbons (Fsp3) is 0.333. The first-order valence-electron chi connectivity index (χ1n) is 11.0. The largest absolute Gasteiger partial charge is 0.489 e. The van der Waals surface area contributed by atoms with E-state index in [9.17, 15) is 17.6 Å². The van der Waals surface area contributed by atoms with Crippen molar-refractivity contribution in [1.29, 1.82) is 0 Å². The predicted molar refractivity (Wildman–Crippen MR) is 137 cm³/mol. The summed E-state index contributed by atoms with van der Waals surface area (Å²) in [7, 11) is 0. The molecule has 0 fully saturated rings. The van der Waals surface area contributed by atoms with Gasteiger partial charge in [0, 0.05) is 29.6 Å². The Bertz CT molecular complexity index is 1260. The number of benzene rings is 1. The van der Waals surface area contributed by atoms with Gasteiger partial charge in [-0.3, -0.25) is 0 Å². The molecular formula is C24H24Cl2F4N4O2S. The molecule has 0 radical (unpaired) electrons. The third-order valence-corrected chi connectivity index (χ3v) is 7.15. The average molecular weight is 579 g/mol. The Morgan fingerprint density at radius 2 is 2.03 bits per heavy atom. The molecule has 13 heteroatoms. The molecule has 200 valence electrons. The molecule has 1 aromatic carbocycles. The quantitative estimate of drug-likeness (QED) is 0.331. The van der Waals surface area contributed by atoms with Gasteiger partial charge in [0.2, 0.25) is 0 Å². The van der Waals surface area contributed by atoms with Crippen LogP contribution in [0.1, 0.15) is 25.3 Å². The van der Waals surface area contributed by atoms with Crippen LogP contribution in [0.15, 0.2) is 53.5 Å². The molecule has 2 heterocycles. The molecule has 2 atom stereocenters. The van der Waals surface area contributed by atoms with Crippen LogP contribution < -0.4 is 10.5 Å². The Kier molecular flexibility index (Phi) is 9.41. The number of ether oxygens (including phenoxy) is 1. The minimum absolute atomic E-state index is 0.111. The number of aliphatic hydroxyl groups excluding tert-OH is 1. The van der Waals surface area contributed by atoms with Crippen molar-refractivity contribution in [3.05, 3.63) is 69.3 Å². The van der Waals surface area contributed by atoms with Crippen LogP contribution in [0.3, 0.4) is 0 Å². The van der Waals surface area contributed by atoms with Crippen LogP contribution in [0.4, 0.5) is 17.6 Å². The van der Waals surface area contributed by atoms with Crippen LogP contribution >= 0.6 is 34.5 Å². The van der Waals surface area contributed by atoms with E-state index in [0.29, 0.717) is 22.0 Å². The number of nitrogens with two attached hydrogens (primary N) is 1. The first kappa shape index (κ1) is 29.1. The maximum atomic E-state index is 14.7. The summed E-state index contributed by atoms with van der Waals surface area (Å²) >= 11 is 13.5. The van der Waals surface area contributed by atoms with E-state index in [-0.39, 0.29) is 46.2 Å². The highest BCUT2D eigenvalue weighted by molar-refractivity contribution is 7.15. The van der Waals surface area contributed by atoms with Gasteiger partial charge in [0.15, 0.2) is 11.6 Å². The van der Waals surface area contributed by atoms with Crippen molar-refractivity contribution in [3.8, 4) is 16.3 Å². The zero-order valence-electron chi connectivity index (χ0n) is 19.8. The number of aliphatic hydroxyl groups is 1. The van der Waals surface area contributed by atoms with E-state index in [4.69, 9.17) is 38.8 Å². The highest BCUT2D eigenvalue weighted by Crippen LogP contribution is 2.40. The van der Waals surface area contributed by atoms with Gasteiger partial charge in [-0.15, -0.1) is 10.2 Å². The molecule has 6 nitrogen and oxygen atoms in total. The van der Waals surface area contributed by atoms with Gasteiger partial charge < -0.3 is 20.5 Å². The van der Waals surface area contributed by atoms with Crippen LogP contribution in [0, 0.1) is 11.7 Å². The lowest BCUT2D eigenvalue weighted by atomic mass is 9.99. The Balaban J connectivity index is 1.97. The molecule has 1 aromatic heterocycles. The Labute approximate surface area is 225 Å². The number of aromatic nitrogens is 2. The number of nitrogens with zero attached hydrogens (tertiary/aromatic N) is 3. The molecule has 1 aliphatic heterocycles. The molecule has 37 heavy (non-hydrogen) atoms. The summed E-state index contributed by atoms with van der Waals surface area (Å²) < 4.78 is 60.0. The van der Waals surface area contributed by atoms with Crippen LogP contribution in [0.5, 0.6) is 5.75 Å². The summed E-state index contributed by atoms with van der Waals surface area (Å²) in [5.74, 6) is -0.974. The van der Waals surface area contributed by atoms with Crippen molar-refractivity contribution >= 4 is 40.1 Å². The Hall–Kier alpha value is -2.44. The number of allylic oxidation sites excluding steroid dienone is 4. The molecule has 0 aliphatic carbocycles. The minimum Gasteiger partial charge on any atom is -0.489 e. The van der Waals surface area contributed by atoms with Crippen molar-refractivity contribution in [2.75, 3.05) is 13.2 Å². The lowest BCUT2D eigenvalue weighted by Crippen LogP contribution is -2.31. The van der Waals surface area contributed by atoms with Gasteiger partial charge in [-0.2, -0.15) is 13.2 Å². The van der Waals surface area contributed by atoms with E-state index in [2.05, 4.69) is 16.8 Å². The van der Waals surface area contributed by atoms with Crippen LogP contribution in [-0.4, -0.2) is 45.6 Å². The van der Waals surface area contributed by atoms with Crippen LogP contribution in [0.2, 0.25) is 5.02 Å². The maximum absolute atomic E-state index is 14.7. The third-order valence-electron chi connectivity index (χ3n) is 5.51. The highest BCUT2D eigenvalue weighted by atomic mass is 35.5. The molecule has 2 aromatic rings. The van der Waals surface area contributed by atoms with E-state index in [1.165, 1.54) is 17.2 Å². The summed E-state index contributed by atoms with van der Waals surface area (Å²) in [6.45, 7) is 7.16. The summed E-state index contributed by atoms with van der Waals surface area (Å²) in [6, 6.07) is 1.74. The van der Waals surface area contributed by atoms with Crippen molar-refractivity contribution in [1.82, 2.24) is 15.1 Å². The fourth-order valence-corrected chi connectivity index (χ4v) is 4.65. The second-order valence-corrected chi connectivity index (χ2v) is 10.0. The second kappa shape index (κ2) is 12.0. The van der Waals surface area contributed by atoms with E-state index < -0.39 is 23.6 Å². The molecule has 3 N–H and O–H groups in total. The standard InChI is InChI=1S/C24H24Cl2F4N4O2S/c1-4-12(2)17(9-34-8-14(24(28,29)30)5-18(25)13(34)3)23-33-32-22(37-23)16-6-20(27)21(7-19(16)26)36-11-15(31)10-35/h5-9,12,15,35H,3-4,10-11,31H2,1-2H3. The molecule has 0 spiro atoms. The molecule has 1 aliphatic rings. The lowest BCUT2D eigenvalue weighted by molar-refractivity contribution is -0.0892. The van der Waals surface area contributed by atoms with Gasteiger partial charge in [0.1, 0.15) is 16.6 Å². The monoisotopic (exact) mass is 578 g/mol. The zero-order chi connectivity index (χ0) is 27.5. The van der Waals surface area contributed by atoms with Crippen molar-refractivity contribution in [2.45, 2.75) is 32.5 Å². The van der Waals surface area contributed by atoms with Gasteiger partial charge in [-0.25, -0.2) is 4.39 Å². The average Bonchev–Trinajstić information content (AvgIpc) is 3.33. The van der Waals surface area contributed by atoms with Gasteiger partial charge in [0.25, 0.3) is 0 Å². The van der Waals surface area contributed by atoms with Gasteiger partial charge >= 0.3 is 6.18 Å². The first-order chi connectivity index (χ1) is 17.3. The number of hydrogen-bond acceptors (Lipinski definition) is 7. The molecule has 2 unspecified atom stereocenters. The first-order valence-corrected chi connectivity index (χ1v) is 12.6. The Morgan fingerprint density at radius 1 is 1.32 bits per heavy atom. The smallest absolute Gasteiger partial charge is 0.417 e. The van der Waals surface area contributed by atoms with Gasteiger partial charge in [-0.05, 0) is 24.5 Å². The van der Waals surface area contributed by atoms with E-state index in [0.717, 1.165) is 29.7 Å². The molecule has 0 amide bonds. The lowest BCUT2D eigenvalue weighted by Gasteiger charge is -2.26. The zero-order valence-corrected chi connectivity index (χ0v) is 22.1. The topological polar surface area (TPSA) is 84.5 Å². The normalized spacial score (nSPS) is 16.4. The molecular weight excluding hydrogens is 555 g/mol. The summed E-state index contributed by atoms with van der Waals surface area (Å²) in [4.78, 5) is 1.21. The van der Waals surface area contributed by atoms with E-state index in [1.807, 2.05) is 13.8 Å². The van der Waals surface area contributed by atoms with Crippen molar-refractivity contribution < 1.29 is 27.4 Å². The van der Waals surface area contributed by atoms with Gasteiger partial charge in [-0.1, -0.05) is 55.0 Å². The molecule has 0 bridgehead atoms. The summed E-state index contributed by atoms with van der Waals surface area (Å²) in [5.41, 5.74) is 5.67. The highest BCUT2D eigenvalue weighted by Gasteiger charge is 2.35. The molecule has 0 saturated carbocycles.